The molecule has 2 aliphatic heterocycles. The highest BCUT2D eigenvalue weighted by Gasteiger charge is 2.35. The quantitative estimate of drug-likeness (QED) is 0.440. The van der Waals surface area contributed by atoms with E-state index in [9.17, 15) is 14.0 Å². The van der Waals surface area contributed by atoms with Gasteiger partial charge in [-0.05, 0) is 54.8 Å². The van der Waals surface area contributed by atoms with Crippen LogP contribution in [0.25, 0.3) is 22.2 Å². The number of hydrogen-bond donors (Lipinski definition) is 0. The Morgan fingerprint density at radius 3 is 2.43 bits per heavy atom. The Morgan fingerprint density at radius 2 is 1.69 bits per heavy atom. The van der Waals surface area contributed by atoms with E-state index in [1.165, 1.54) is 6.07 Å². The summed E-state index contributed by atoms with van der Waals surface area (Å²) in [7, 11) is 1.80. The highest BCUT2D eigenvalue weighted by atomic mass is 19.1. The molecule has 6 rings (SSSR count). The van der Waals surface area contributed by atoms with Crippen molar-refractivity contribution in [3.63, 3.8) is 0 Å². The van der Waals surface area contributed by atoms with Crippen LogP contribution in [0.5, 0.6) is 0 Å². The minimum absolute atomic E-state index is 0.0324. The van der Waals surface area contributed by atoms with Crippen molar-refractivity contribution >= 4 is 22.7 Å². The summed E-state index contributed by atoms with van der Waals surface area (Å²) in [6, 6.07) is 20.0. The second kappa shape index (κ2) is 8.34. The molecule has 0 spiro atoms. The summed E-state index contributed by atoms with van der Waals surface area (Å²) < 4.78 is 16.1. The average Bonchev–Trinajstić information content (AvgIpc) is 3.40. The molecule has 0 aliphatic carbocycles. The topological polar surface area (TPSA) is 58.4 Å². The van der Waals surface area contributed by atoms with Crippen LogP contribution in [-0.4, -0.2) is 50.5 Å². The lowest BCUT2D eigenvalue weighted by Gasteiger charge is -2.36. The maximum atomic E-state index is 14.4. The average molecular weight is 469 g/mol. The zero-order valence-electron chi connectivity index (χ0n) is 19.4. The van der Waals surface area contributed by atoms with Crippen LogP contribution in [0, 0.1) is 5.82 Å². The van der Waals surface area contributed by atoms with E-state index in [4.69, 9.17) is 0 Å². The van der Waals surface area contributed by atoms with Gasteiger partial charge in [-0.2, -0.15) is 5.10 Å². The normalized spacial score (nSPS) is 16.2. The maximum Gasteiger partial charge on any atom is 0.254 e. The van der Waals surface area contributed by atoms with Gasteiger partial charge in [0.15, 0.2) is 0 Å². The number of benzene rings is 3. The second-order valence-corrected chi connectivity index (χ2v) is 9.30. The lowest BCUT2D eigenvalue weighted by molar-refractivity contribution is 0.0535. The lowest BCUT2D eigenvalue weighted by atomic mass is 10.0. The van der Waals surface area contributed by atoms with Gasteiger partial charge in [-0.25, -0.2) is 4.39 Å². The highest BCUT2D eigenvalue weighted by Crippen LogP contribution is 2.31. The molecule has 4 aromatic rings. The second-order valence-electron chi connectivity index (χ2n) is 9.30. The van der Waals surface area contributed by atoms with Gasteiger partial charge in [-0.3, -0.25) is 14.3 Å². The van der Waals surface area contributed by atoms with Gasteiger partial charge in [0.05, 0.1) is 5.52 Å². The minimum Gasteiger partial charge on any atom is -0.338 e. The molecule has 0 bridgehead atoms. The van der Waals surface area contributed by atoms with Crippen LogP contribution in [0.4, 0.5) is 4.39 Å². The fraction of sp³-hybridized carbons (Fsp3) is 0.250. The molecule has 35 heavy (non-hydrogen) atoms. The van der Waals surface area contributed by atoms with Crippen LogP contribution < -0.4 is 0 Å². The third-order valence-electron chi connectivity index (χ3n) is 7.27. The molecule has 2 aliphatic rings. The number of piperidine rings is 1. The summed E-state index contributed by atoms with van der Waals surface area (Å²) in [4.78, 5) is 30.0. The molecule has 6 nitrogen and oxygen atoms in total. The number of likely N-dealkylation sites (tertiary alicyclic amines) is 1. The van der Waals surface area contributed by atoms with Crippen LogP contribution in [0.15, 0.2) is 66.7 Å². The van der Waals surface area contributed by atoms with Gasteiger partial charge < -0.3 is 9.80 Å². The van der Waals surface area contributed by atoms with E-state index in [-0.39, 0.29) is 23.7 Å². The van der Waals surface area contributed by atoms with E-state index in [1.807, 2.05) is 46.2 Å². The van der Waals surface area contributed by atoms with Crippen molar-refractivity contribution in [3.05, 3.63) is 89.2 Å². The Morgan fingerprint density at radius 1 is 0.971 bits per heavy atom. The first-order valence-electron chi connectivity index (χ1n) is 11.9. The van der Waals surface area contributed by atoms with E-state index >= 15 is 0 Å². The van der Waals surface area contributed by atoms with Crippen molar-refractivity contribution in [1.29, 1.82) is 0 Å². The first kappa shape index (κ1) is 21.5. The fourth-order valence-electron chi connectivity index (χ4n) is 5.38. The van der Waals surface area contributed by atoms with Crippen molar-refractivity contribution in [2.24, 2.45) is 7.05 Å². The largest absolute Gasteiger partial charge is 0.338 e. The number of carbonyl (C=O) groups is 2. The molecule has 1 saturated heterocycles. The van der Waals surface area contributed by atoms with Crippen molar-refractivity contribution in [2.75, 3.05) is 13.1 Å². The number of amides is 2. The number of fused-ring (bicyclic) bond motifs is 2. The summed E-state index contributed by atoms with van der Waals surface area (Å²) in [6.45, 7) is 1.86. The molecule has 0 N–H and O–H groups in total. The molecule has 1 aromatic heterocycles. The number of aromatic nitrogens is 2. The summed E-state index contributed by atoms with van der Waals surface area (Å²) in [6.07, 6.45) is 1.52. The number of carbonyl (C=O) groups excluding carboxylic acids is 2. The third-order valence-corrected chi connectivity index (χ3v) is 7.27. The van der Waals surface area contributed by atoms with Gasteiger partial charge in [-0.1, -0.05) is 30.3 Å². The highest BCUT2D eigenvalue weighted by molar-refractivity contribution is 6.01. The van der Waals surface area contributed by atoms with Gasteiger partial charge in [0.25, 0.3) is 11.8 Å². The zero-order valence-corrected chi connectivity index (χ0v) is 19.4. The summed E-state index contributed by atoms with van der Waals surface area (Å²) in [5.74, 6) is -0.261. The van der Waals surface area contributed by atoms with Crippen LogP contribution in [-0.2, 0) is 13.6 Å². The first-order valence-corrected chi connectivity index (χ1v) is 11.9. The predicted octanol–water partition coefficient (Wildman–Crippen LogP) is 4.64. The molecule has 3 aromatic carbocycles. The van der Waals surface area contributed by atoms with Crippen LogP contribution in [0.3, 0.4) is 0 Å². The van der Waals surface area contributed by atoms with Crippen molar-refractivity contribution < 1.29 is 14.0 Å². The standard InChI is InChI=1S/C28H25FN4O2/c1-31-25-16-18(10-11-23(25)26(30-31)22-8-4-5-9-24(22)29)27(34)32-14-12-20(13-15-32)33-17-19-6-2-3-7-21(19)28(33)35/h2-11,16,20H,12-15,17H2,1H3. The summed E-state index contributed by atoms with van der Waals surface area (Å²) >= 11 is 0. The van der Waals surface area contributed by atoms with Crippen LogP contribution in [0.1, 0.15) is 39.1 Å². The van der Waals surface area contributed by atoms with E-state index in [0.717, 1.165) is 34.9 Å². The maximum absolute atomic E-state index is 14.4. The number of rotatable bonds is 3. The minimum atomic E-state index is -0.324. The Balaban J connectivity index is 1.19. The van der Waals surface area contributed by atoms with Gasteiger partial charge >= 0.3 is 0 Å². The molecule has 0 unspecified atom stereocenters. The summed E-state index contributed by atoms with van der Waals surface area (Å²) in [5, 5.41) is 5.33. The van der Waals surface area contributed by atoms with Crippen LogP contribution in [0.2, 0.25) is 0 Å². The van der Waals surface area contributed by atoms with E-state index in [0.29, 0.717) is 36.5 Å². The number of hydrogen-bond acceptors (Lipinski definition) is 3. The Kier molecular flexibility index (Phi) is 5.13. The third kappa shape index (κ3) is 3.58. The summed E-state index contributed by atoms with van der Waals surface area (Å²) in [5.41, 5.74) is 4.25. The van der Waals surface area contributed by atoms with E-state index in [2.05, 4.69) is 5.10 Å². The SMILES string of the molecule is Cn1nc(-c2ccccc2F)c2ccc(C(=O)N3CCC(N4Cc5ccccc5C4=O)CC3)cc21. The van der Waals surface area contributed by atoms with Gasteiger partial charge in [0, 0.05) is 54.8 Å². The smallest absolute Gasteiger partial charge is 0.254 e. The first-order chi connectivity index (χ1) is 17.0. The van der Waals surface area contributed by atoms with Crippen molar-refractivity contribution in [3.8, 4) is 11.3 Å². The Labute approximate surface area is 202 Å². The number of aryl methyl sites for hydroxylation is 1. The van der Waals surface area contributed by atoms with Crippen molar-refractivity contribution in [1.82, 2.24) is 19.6 Å². The Hall–Kier alpha value is -4.00. The number of halogens is 1. The monoisotopic (exact) mass is 468 g/mol. The Bertz CT molecular complexity index is 1470. The zero-order chi connectivity index (χ0) is 24.1. The molecular formula is C28H25FN4O2. The predicted molar refractivity (Wildman–Crippen MR) is 131 cm³/mol. The molecular weight excluding hydrogens is 443 g/mol. The van der Waals surface area contributed by atoms with Crippen molar-refractivity contribution in [2.45, 2.75) is 25.4 Å². The lowest BCUT2D eigenvalue weighted by Crippen LogP contribution is -2.46. The van der Waals surface area contributed by atoms with Gasteiger partial charge in [0.2, 0.25) is 0 Å². The molecule has 0 saturated carbocycles. The van der Waals surface area contributed by atoms with Gasteiger partial charge in [0.1, 0.15) is 11.5 Å². The van der Waals surface area contributed by atoms with E-state index < -0.39 is 0 Å². The molecule has 3 heterocycles. The molecule has 0 atom stereocenters. The number of nitrogens with zero attached hydrogens (tertiary/aromatic N) is 4. The molecule has 7 heteroatoms. The fourth-order valence-corrected chi connectivity index (χ4v) is 5.38. The van der Waals surface area contributed by atoms with Gasteiger partial charge in [-0.15, -0.1) is 0 Å². The molecule has 0 radical (unpaired) electrons. The molecule has 176 valence electrons. The van der Waals surface area contributed by atoms with E-state index in [1.54, 1.807) is 36.0 Å². The van der Waals surface area contributed by atoms with Crippen LogP contribution >= 0.6 is 0 Å². The molecule has 2 amide bonds. The molecule has 1 fully saturated rings.